The number of rotatable bonds is 10. The van der Waals surface area contributed by atoms with E-state index in [4.69, 9.17) is 23.9 Å². The van der Waals surface area contributed by atoms with Crippen LogP contribution in [0.2, 0.25) is 0 Å². The van der Waals surface area contributed by atoms with E-state index in [-0.39, 0.29) is 58.5 Å². The number of ether oxygens (including phenoxy) is 4. The summed E-state index contributed by atoms with van der Waals surface area (Å²) in [6, 6.07) is 20.6. The number of aromatic amines is 1. The molecule has 77 heavy (non-hydrogen) atoms. The van der Waals surface area contributed by atoms with Crippen molar-refractivity contribution in [3.8, 4) is 11.6 Å². The van der Waals surface area contributed by atoms with Gasteiger partial charge >= 0.3 is 0 Å². The van der Waals surface area contributed by atoms with Gasteiger partial charge in [0.2, 0.25) is 5.88 Å². The molecule has 2 aliphatic carbocycles. The summed E-state index contributed by atoms with van der Waals surface area (Å²) in [6.45, 7) is 16.2. The minimum atomic E-state index is -4.73. The molecule has 5 fully saturated rings. The normalized spacial score (nSPS) is 28.0. The van der Waals surface area contributed by atoms with E-state index in [0.717, 1.165) is 69.1 Å². The van der Waals surface area contributed by atoms with Gasteiger partial charge in [-0.25, -0.2) is 13.1 Å². The SMILES string of the molecule is CC(C)c1ccccc1[C@@H]1COCCCN1[C@@H]1CC2(CCN(c3ccc(C(=O)NS(=O)(=O)c4cc5c(c([N+](=O)[O-])c4)N[C@H](C4CCC(C)(O)CC4)CO5)c(N4c5cc6cc[nH]c6nc5O[C@H]5COCC[C@@H]54)c3)CC2)C1(C)C. The second kappa shape index (κ2) is 19.7. The molecule has 1 spiro atoms. The van der Waals surface area contributed by atoms with Crippen LogP contribution in [0.4, 0.5) is 28.4 Å². The number of hydrogen-bond donors (Lipinski definition) is 4. The van der Waals surface area contributed by atoms with E-state index in [9.17, 15) is 28.4 Å². The fourth-order valence-electron chi connectivity index (χ4n) is 14.2. The fourth-order valence-corrected chi connectivity index (χ4v) is 15.2. The minimum Gasteiger partial charge on any atom is -0.489 e. The molecule has 18 nitrogen and oxygen atoms in total. The van der Waals surface area contributed by atoms with Gasteiger partial charge in [-0.15, -0.1) is 0 Å². The number of anilines is 4. The Labute approximate surface area is 450 Å². The molecule has 3 saturated heterocycles. The van der Waals surface area contributed by atoms with Crippen LogP contribution in [0.25, 0.3) is 11.0 Å². The van der Waals surface area contributed by atoms with Gasteiger partial charge in [0.05, 0.1) is 58.0 Å². The van der Waals surface area contributed by atoms with Crippen molar-refractivity contribution >= 4 is 55.4 Å². The predicted molar refractivity (Wildman–Crippen MR) is 293 cm³/mol. The number of nitro benzene ring substituents is 1. The van der Waals surface area contributed by atoms with Crippen LogP contribution in [0, 0.1) is 26.9 Å². The lowest BCUT2D eigenvalue weighted by Gasteiger charge is -2.67. The van der Waals surface area contributed by atoms with Crippen LogP contribution in [0.5, 0.6) is 11.6 Å². The summed E-state index contributed by atoms with van der Waals surface area (Å²) in [4.78, 5) is 41.7. The molecule has 5 aromatic rings. The van der Waals surface area contributed by atoms with Crippen LogP contribution in [-0.4, -0.2) is 122 Å². The van der Waals surface area contributed by atoms with Gasteiger partial charge in [0, 0.05) is 68.3 Å². The van der Waals surface area contributed by atoms with Crippen molar-refractivity contribution in [1.82, 2.24) is 19.6 Å². The quantitative estimate of drug-likeness (QED) is 0.0758. The number of fused-ring (bicyclic) bond motifs is 4. The smallest absolute Gasteiger partial charge is 0.297 e. The van der Waals surface area contributed by atoms with Crippen LogP contribution >= 0.6 is 0 Å². The lowest BCUT2D eigenvalue weighted by atomic mass is 9.44. The lowest BCUT2D eigenvalue weighted by molar-refractivity contribution is -0.384. The van der Waals surface area contributed by atoms with Crippen molar-refractivity contribution in [2.24, 2.45) is 16.7 Å². The number of nitrogens with zero attached hydrogens (tertiary/aromatic N) is 5. The number of sulfonamides is 1. The van der Waals surface area contributed by atoms with Crippen molar-refractivity contribution in [3.05, 3.63) is 99.7 Å². The van der Waals surface area contributed by atoms with E-state index in [1.54, 1.807) is 6.07 Å². The first-order valence-corrected chi connectivity index (χ1v) is 29.2. The highest BCUT2D eigenvalue weighted by atomic mass is 32.2. The van der Waals surface area contributed by atoms with Gasteiger partial charge in [-0.2, -0.15) is 4.98 Å². The largest absolute Gasteiger partial charge is 0.489 e. The number of piperidine rings is 1. The van der Waals surface area contributed by atoms with Crippen LogP contribution in [0.3, 0.4) is 0 Å². The van der Waals surface area contributed by atoms with Crippen molar-refractivity contribution < 1.29 is 42.2 Å². The molecule has 7 heterocycles. The van der Waals surface area contributed by atoms with Crippen LogP contribution in [-0.2, 0) is 19.5 Å². The summed E-state index contributed by atoms with van der Waals surface area (Å²) in [5, 5.41) is 27.3. The second-order valence-electron chi connectivity index (χ2n) is 24.0. The van der Waals surface area contributed by atoms with Crippen molar-refractivity contribution in [1.29, 1.82) is 0 Å². The average molecular weight is 1070 g/mol. The molecule has 410 valence electrons. The fraction of sp³-hybridized carbons (Fsp3) is 0.552. The monoisotopic (exact) mass is 1070 g/mol. The first kappa shape index (κ1) is 51.7. The Bertz CT molecular complexity index is 3200. The Morgan fingerprint density at radius 2 is 1.70 bits per heavy atom. The molecule has 19 heteroatoms. The molecular formula is C58H72N8O10S. The molecule has 4 N–H and O–H groups in total. The Morgan fingerprint density at radius 3 is 2.47 bits per heavy atom. The number of H-pyrrole nitrogens is 1. The number of benzene rings is 3. The minimum absolute atomic E-state index is 0.00690. The highest BCUT2D eigenvalue weighted by molar-refractivity contribution is 7.90. The van der Waals surface area contributed by atoms with Crippen molar-refractivity contribution in [3.63, 3.8) is 0 Å². The first-order chi connectivity index (χ1) is 36.9. The third kappa shape index (κ3) is 9.26. The molecule has 2 saturated carbocycles. The van der Waals surface area contributed by atoms with Gasteiger partial charge in [-0.1, -0.05) is 52.0 Å². The number of aromatic nitrogens is 2. The maximum absolute atomic E-state index is 14.9. The van der Waals surface area contributed by atoms with Crippen molar-refractivity contribution in [2.75, 3.05) is 67.8 Å². The highest BCUT2D eigenvalue weighted by Gasteiger charge is 2.62. The number of carbonyl (C=O) groups is 1. The maximum Gasteiger partial charge on any atom is 0.297 e. The van der Waals surface area contributed by atoms with Gasteiger partial charge in [0.15, 0.2) is 11.4 Å². The number of nitro groups is 1. The Balaban J connectivity index is 0.847. The zero-order valence-electron chi connectivity index (χ0n) is 44.8. The third-order valence-electron chi connectivity index (χ3n) is 18.9. The Kier molecular flexibility index (Phi) is 13.3. The summed E-state index contributed by atoms with van der Waals surface area (Å²) >= 11 is 0. The van der Waals surface area contributed by atoms with E-state index in [2.05, 4.69) is 81.7 Å². The molecule has 1 amide bonds. The molecule has 0 radical (unpaired) electrons. The number of aliphatic hydroxyl groups is 1. The van der Waals surface area contributed by atoms with E-state index in [1.165, 1.54) is 17.2 Å². The molecule has 5 aliphatic heterocycles. The molecule has 0 bridgehead atoms. The topological polar surface area (TPSA) is 214 Å². The standard InChI is InChI=1S/C58H72N8O10S/c1-35(2)40-9-6-7-10-41(40)48-33-73-25-8-22-64(48)51-31-58(56(51,3)4)19-23-63(24-20-58)38-11-12-42(45(28-38)65-44-16-26-74-34-50(44)76-55-47(65)27-37-15-21-59-53(37)61-55)54(67)62-77(71,72)39-29-46(66(69)70)52-49(30-39)75-32-43(60-52)36-13-17-57(5,68)18-14-36/h6-7,9-12,15,21,27-30,35-36,43-44,48,50-51,60,68H,8,13-14,16-20,22-26,31-34H2,1-5H3,(H,59,61)(H,62,67)/t36?,43-,44-,48-,50-,51+,57?/m0/s1. The van der Waals surface area contributed by atoms with Crippen LogP contribution in [0.15, 0.2) is 77.8 Å². The molecule has 2 aromatic heterocycles. The van der Waals surface area contributed by atoms with E-state index < -0.39 is 43.1 Å². The molecule has 5 atom stereocenters. The summed E-state index contributed by atoms with van der Waals surface area (Å²) in [5.41, 5.74) is 4.50. The zero-order chi connectivity index (χ0) is 53.6. The first-order valence-electron chi connectivity index (χ1n) is 27.7. The summed E-state index contributed by atoms with van der Waals surface area (Å²) < 4.78 is 56.1. The summed E-state index contributed by atoms with van der Waals surface area (Å²) in [5.74, 6) is -0.0379. The highest BCUT2D eigenvalue weighted by Crippen LogP contribution is 2.64. The number of carbonyl (C=O) groups excluding carboxylic acids is 1. The predicted octanol–water partition coefficient (Wildman–Crippen LogP) is 9.36. The van der Waals surface area contributed by atoms with Gasteiger partial charge in [0.25, 0.3) is 21.6 Å². The zero-order valence-corrected chi connectivity index (χ0v) is 45.6. The van der Waals surface area contributed by atoms with Crippen LogP contribution in [0.1, 0.15) is 126 Å². The average Bonchev–Trinajstić information content (AvgIpc) is 3.92. The van der Waals surface area contributed by atoms with E-state index in [1.807, 2.05) is 37.4 Å². The molecular weight excluding hydrogens is 1000 g/mol. The van der Waals surface area contributed by atoms with E-state index in [0.29, 0.717) is 86.8 Å². The molecule has 12 rings (SSSR count). The lowest BCUT2D eigenvalue weighted by Crippen LogP contribution is -2.67. The van der Waals surface area contributed by atoms with Gasteiger partial charge < -0.3 is 44.2 Å². The van der Waals surface area contributed by atoms with E-state index >= 15 is 0 Å². The Morgan fingerprint density at radius 1 is 0.922 bits per heavy atom. The van der Waals surface area contributed by atoms with Gasteiger partial charge in [-0.3, -0.25) is 19.8 Å². The maximum atomic E-state index is 14.9. The van der Waals surface area contributed by atoms with Gasteiger partial charge in [-0.05, 0) is 129 Å². The Hall–Kier alpha value is -5.99. The van der Waals surface area contributed by atoms with Gasteiger partial charge in [0.1, 0.15) is 24.0 Å². The summed E-state index contributed by atoms with van der Waals surface area (Å²) in [7, 11) is -4.73. The molecule has 3 aromatic carbocycles. The summed E-state index contributed by atoms with van der Waals surface area (Å²) in [6.07, 6.45) is 8.60. The molecule has 0 unspecified atom stereocenters. The third-order valence-corrected chi connectivity index (χ3v) is 20.2. The van der Waals surface area contributed by atoms with Crippen molar-refractivity contribution in [2.45, 2.75) is 139 Å². The number of pyridine rings is 1. The van der Waals surface area contributed by atoms with Crippen LogP contribution < -0.4 is 29.3 Å². The second-order valence-corrected chi connectivity index (χ2v) is 25.6. The molecule has 7 aliphatic rings. The number of nitrogens with one attached hydrogen (secondary N) is 3. The number of amides is 1. The number of hydrogen-bond acceptors (Lipinski definition) is 15.